The number of nitrogens with zero attached hydrogens (tertiary/aromatic N) is 2. The Balaban J connectivity index is 1.68. The SMILES string of the molecule is CN(Cc1cscn1)C(=O)NCC1CCC(C(=O)O)CC1. The summed E-state index contributed by atoms with van der Waals surface area (Å²) < 4.78 is 0. The second-order valence-corrected chi connectivity index (χ2v) is 6.30. The van der Waals surface area contributed by atoms with Crippen molar-refractivity contribution >= 4 is 23.3 Å². The lowest BCUT2D eigenvalue weighted by molar-refractivity contribution is -0.143. The van der Waals surface area contributed by atoms with Crippen molar-refractivity contribution in [3.05, 3.63) is 16.6 Å². The molecule has 1 fully saturated rings. The van der Waals surface area contributed by atoms with E-state index >= 15 is 0 Å². The van der Waals surface area contributed by atoms with E-state index in [2.05, 4.69) is 10.3 Å². The van der Waals surface area contributed by atoms with Gasteiger partial charge in [-0.2, -0.15) is 0 Å². The zero-order valence-electron chi connectivity index (χ0n) is 12.1. The number of rotatable bonds is 5. The highest BCUT2D eigenvalue weighted by molar-refractivity contribution is 7.07. The first kappa shape index (κ1) is 15.8. The van der Waals surface area contributed by atoms with Gasteiger partial charge >= 0.3 is 12.0 Å². The predicted molar refractivity (Wildman–Crippen MR) is 80.1 cm³/mol. The van der Waals surface area contributed by atoms with Crippen LogP contribution in [0.25, 0.3) is 0 Å². The van der Waals surface area contributed by atoms with Gasteiger partial charge in [-0.25, -0.2) is 9.78 Å². The van der Waals surface area contributed by atoms with Crippen LogP contribution in [0.1, 0.15) is 31.4 Å². The molecule has 0 radical (unpaired) electrons. The molecule has 0 bridgehead atoms. The van der Waals surface area contributed by atoms with Gasteiger partial charge in [0.25, 0.3) is 0 Å². The Labute approximate surface area is 128 Å². The average molecular weight is 311 g/mol. The van der Waals surface area contributed by atoms with E-state index in [0.29, 0.717) is 31.8 Å². The Morgan fingerprint density at radius 2 is 2.14 bits per heavy atom. The van der Waals surface area contributed by atoms with Crippen molar-refractivity contribution in [1.29, 1.82) is 0 Å². The summed E-state index contributed by atoms with van der Waals surface area (Å²) in [7, 11) is 1.75. The summed E-state index contributed by atoms with van der Waals surface area (Å²) in [5.74, 6) is -0.512. The third kappa shape index (κ3) is 4.70. The molecule has 0 atom stereocenters. The number of hydrogen-bond acceptors (Lipinski definition) is 4. The topological polar surface area (TPSA) is 82.5 Å². The van der Waals surface area contributed by atoms with Crippen molar-refractivity contribution in [2.75, 3.05) is 13.6 Å². The lowest BCUT2D eigenvalue weighted by atomic mass is 9.82. The Hall–Kier alpha value is -1.63. The van der Waals surface area contributed by atoms with Crippen molar-refractivity contribution in [1.82, 2.24) is 15.2 Å². The molecule has 0 spiro atoms. The molecule has 2 rings (SSSR count). The van der Waals surface area contributed by atoms with Gasteiger partial charge in [0.2, 0.25) is 0 Å². The van der Waals surface area contributed by atoms with Crippen LogP contribution >= 0.6 is 11.3 Å². The quantitative estimate of drug-likeness (QED) is 0.873. The number of carboxylic acid groups (broad SMARTS) is 1. The Bertz CT molecular complexity index is 470. The predicted octanol–water partition coefficient (Wildman–Crippen LogP) is 2.18. The number of carboxylic acids is 1. The van der Waals surface area contributed by atoms with Crippen LogP contribution in [0.2, 0.25) is 0 Å². The zero-order valence-corrected chi connectivity index (χ0v) is 12.9. The molecule has 1 saturated carbocycles. The summed E-state index contributed by atoms with van der Waals surface area (Å²) in [6, 6.07) is -0.108. The monoisotopic (exact) mass is 311 g/mol. The smallest absolute Gasteiger partial charge is 0.317 e. The molecule has 2 amide bonds. The van der Waals surface area contributed by atoms with Gasteiger partial charge in [0.1, 0.15) is 0 Å². The summed E-state index contributed by atoms with van der Waals surface area (Å²) >= 11 is 1.51. The van der Waals surface area contributed by atoms with Crippen LogP contribution in [0, 0.1) is 11.8 Å². The molecule has 0 aromatic carbocycles. The fraction of sp³-hybridized carbons (Fsp3) is 0.643. The van der Waals surface area contributed by atoms with Gasteiger partial charge in [0.05, 0.1) is 23.7 Å². The molecule has 7 heteroatoms. The number of thiazole rings is 1. The number of aromatic nitrogens is 1. The second kappa shape index (κ2) is 7.40. The summed E-state index contributed by atoms with van der Waals surface area (Å²) in [5, 5.41) is 13.8. The minimum absolute atomic E-state index is 0.108. The molecule has 1 heterocycles. The summed E-state index contributed by atoms with van der Waals surface area (Å²) in [6.45, 7) is 1.12. The molecule has 6 nitrogen and oxygen atoms in total. The minimum atomic E-state index is -0.694. The third-order valence-electron chi connectivity index (χ3n) is 3.97. The zero-order chi connectivity index (χ0) is 15.2. The fourth-order valence-corrected chi connectivity index (χ4v) is 3.16. The van der Waals surface area contributed by atoms with Crippen LogP contribution in [0.15, 0.2) is 10.9 Å². The van der Waals surface area contributed by atoms with Gasteiger partial charge in [-0.15, -0.1) is 11.3 Å². The largest absolute Gasteiger partial charge is 0.481 e. The van der Waals surface area contributed by atoms with Crippen LogP contribution in [0.3, 0.4) is 0 Å². The first-order valence-corrected chi connectivity index (χ1v) is 8.09. The van der Waals surface area contributed by atoms with Crippen LogP contribution < -0.4 is 5.32 Å². The standard InChI is InChI=1S/C14H21N3O3S/c1-17(7-12-8-21-9-16-12)14(20)15-6-10-2-4-11(5-3-10)13(18)19/h8-11H,2-7H2,1H3,(H,15,20)(H,18,19). The molecule has 2 N–H and O–H groups in total. The minimum Gasteiger partial charge on any atom is -0.481 e. The number of carbonyl (C=O) groups is 2. The van der Waals surface area contributed by atoms with Crippen LogP contribution in [-0.4, -0.2) is 40.6 Å². The van der Waals surface area contributed by atoms with E-state index in [1.54, 1.807) is 17.5 Å². The van der Waals surface area contributed by atoms with E-state index in [-0.39, 0.29) is 11.9 Å². The van der Waals surface area contributed by atoms with Gasteiger partial charge in [-0.3, -0.25) is 4.79 Å². The van der Waals surface area contributed by atoms with Crippen molar-refractivity contribution in [2.45, 2.75) is 32.2 Å². The Kier molecular flexibility index (Phi) is 5.55. The first-order chi connectivity index (χ1) is 10.1. The molecule has 1 aliphatic carbocycles. The number of hydrogen-bond donors (Lipinski definition) is 2. The number of urea groups is 1. The molecule has 116 valence electrons. The maximum absolute atomic E-state index is 12.0. The molecule has 1 aliphatic rings. The van der Waals surface area contributed by atoms with E-state index in [4.69, 9.17) is 5.11 Å². The molecule has 21 heavy (non-hydrogen) atoms. The van der Waals surface area contributed by atoms with E-state index < -0.39 is 5.97 Å². The Morgan fingerprint density at radius 3 is 2.71 bits per heavy atom. The first-order valence-electron chi connectivity index (χ1n) is 7.15. The summed E-state index contributed by atoms with van der Waals surface area (Å²) in [5.41, 5.74) is 2.64. The number of aliphatic carboxylic acids is 1. The van der Waals surface area contributed by atoms with E-state index in [9.17, 15) is 9.59 Å². The Morgan fingerprint density at radius 1 is 1.43 bits per heavy atom. The van der Waals surface area contributed by atoms with Crippen molar-refractivity contribution < 1.29 is 14.7 Å². The fourth-order valence-electron chi connectivity index (χ4n) is 2.61. The maximum atomic E-state index is 12.0. The van der Waals surface area contributed by atoms with Crippen molar-refractivity contribution in [3.8, 4) is 0 Å². The van der Waals surface area contributed by atoms with Gasteiger partial charge in [0, 0.05) is 19.0 Å². The van der Waals surface area contributed by atoms with E-state index in [1.165, 1.54) is 11.3 Å². The molecule has 1 aromatic heterocycles. The van der Waals surface area contributed by atoms with Crippen molar-refractivity contribution in [3.63, 3.8) is 0 Å². The van der Waals surface area contributed by atoms with Crippen LogP contribution in [0.4, 0.5) is 4.79 Å². The van der Waals surface area contributed by atoms with Crippen molar-refractivity contribution in [2.24, 2.45) is 11.8 Å². The highest BCUT2D eigenvalue weighted by Crippen LogP contribution is 2.28. The molecular formula is C14H21N3O3S. The number of carbonyl (C=O) groups excluding carboxylic acids is 1. The molecule has 1 aromatic rings. The van der Waals surface area contributed by atoms with E-state index in [1.807, 2.05) is 5.38 Å². The lowest BCUT2D eigenvalue weighted by Crippen LogP contribution is -2.40. The van der Waals surface area contributed by atoms with Crippen LogP contribution in [-0.2, 0) is 11.3 Å². The van der Waals surface area contributed by atoms with Gasteiger partial charge < -0.3 is 15.3 Å². The normalized spacial score (nSPS) is 21.8. The average Bonchev–Trinajstić information content (AvgIpc) is 2.98. The molecule has 0 saturated heterocycles. The number of amides is 2. The van der Waals surface area contributed by atoms with Gasteiger partial charge in [0.15, 0.2) is 0 Å². The molecule has 0 unspecified atom stereocenters. The number of nitrogens with one attached hydrogen (secondary N) is 1. The van der Waals surface area contributed by atoms with Gasteiger partial charge in [-0.05, 0) is 31.6 Å². The summed E-state index contributed by atoms with van der Waals surface area (Å²) in [6.07, 6.45) is 3.16. The van der Waals surface area contributed by atoms with Gasteiger partial charge in [-0.1, -0.05) is 0 Å². The second-order valence-electron chi connectivity index (χ2n) is 5.58. The summed E-state index contributed by atoms with van der Waals surface area (Å²) in [4.78, 5) is 28.6. The molecule has 0 aliphatic heterocycles. The molecular weight excluding hydrogens is 290 g/mol. The lowest BCUT2D eigenvalue weighted by Gasteiger charge is -2.27. The van der Waals surface area contributed by atoms with Crippen LogP contribution in [0.5, 0.6) is 0 Å². The highest BCUT2D eigenvalue weighted by Gasteiger charge is 2.26. The maximum Gasteiger partial charge on any atom is 0.317 e. The highest BCUT2D eigenvalue weighted by atomic mass is 32.1. The third-order valence-corrected chi connectivity index (χ3v) is 4.60. The van der Waals surface area contributed by atoms with E-state index in [0.717, 1.165) is 18.5 Å².